The lowest BCUT2D eigenvalue weighted by molar-refractivity contribution is -0.123. The first kappa shape index (κ1) is 15.7. The molecule has 0 aliphatic rings. The zero-order valence-electron chi connectivity index (χ0n) is 10.7. The summed E-state index contributed by atoms with van der Waals surface area (Å²) in [6, 6.07) is 0. The van der Waals surface area contributed by atoms with Crippen LogP contribution in [-0.4, -0.2) is 35.9 Å². The predicted octanol–water partition coefficient (Wildman–Crippen LogP) is 0.385. The monoisotopic (exact) mass is 246 g/mol. The Bertz CT molecular complexity index is 261. The Labute approximate surface area is 102 Å². The Morgan fingerprint density at radius 3 is 2.41 bits per heavy atom. The van der Waals surface area contributed by atoms with Crippen LogP contribution in [0.5, 0.6) is 0 Å². The van der Waals surface area contributed by atoms with Gasteiger partial charge in [-0.2, -0.15) is 0 Å². The zero-order chi connectivity index (χ0) is 13.5. The summed E-state index contributed by atoms with van der Waals surface area (Å²) in [5.74, 6) is -1.07. The van der Waals surface area contributed by atoms with Crippen molar-refractivity contribution in [2.75, 3.05) is 13.2 Å². The maximum absolute atomic E-state index is 11.2. The lowest BCUT2D eigenvalue weighted by atomic mass is 10.0. The molecular formula is C11H22N2O4. The van der Waals surface area contributed by atoms with E-state index >= 15 is 0 Å². The summed E-state index contributed by atoms with van der Waals surface area (Å²) >= 11 is 0. The predicted molar refractivity (Wildman–Crippen MR) is 63.2 cm³/mol. The molecule has 1 atom stereocenters. The van der Waals surface area contributed by atoms with Crippen molar-refractivity contribution in [1.29, 1.82) is 0 Å². The average molecular weight is 246 g/mol. The number of alkyl carbamates (subject to hydrolysis) is 1. The van der Waals surface area contributed by atoms with Crippen molar-refractivity contribution >= 4 is 12.0 Å². The fourth-order valence-corrected chi connectivity index (χ4v) is 1.18. The van der Waals surface area contributed by atoms with E-state index < -0.39 is 23.5 Å². The first-order valence-electron chi connectivity index (χ1n) is 5.63. The number of aliphatic hydroxyl groups is 1. The Morgan fingerprint density at radius 1 is 1.41 bits per heavy atom. The molecule has 0 aromatic rings. The van der Waals surface area contributed by atoms with Gasteiger partial charge in [0.05, 0.1) is 12.5 Å². The third kappa shape index (κ3) is 8.50. The molecule has 0 fully saturated rings. The Morgan fingerprint density at radius 2 is 2.00 bits per heavy atom. The highest BCUT2D eigenvalue weighted by molar-refractivity contribution is 5.76. The largest absolute Gasteiger partial charge is 0.444 e. The van der Waals surface area contributed by atoms with Crippen molar-refractivity contribution in [2.45, 2.75) is 39.2 Å². The molecule has 100 valence electrons. The van der Waals surface area contributed by atoms with Crippen LogP contribution in [0.1, 0.15) is 33.6 Å². The molecule has 6 heteroatoms. The zero-order valence-corrected chi connectivity index (χ0v) is 10.7. The normalized spacial score (nSPS) is 12.9. The molecule has 2 amide bonds. The van der Waals surface area contributed by atoms with Crippen molar-refractivity contribution in [3.05, 3.63) is 0 Å². The fraction of sp³-hybridized carbons (Fsp3) is 0.818. The number of ether oxygens (including phenoxy) is 1. The molecule has 0 heterocycles. The van der Waals surface area contributed by atoms with E-state index in [1.807, 2.05) is 0 Å². The summed E-state index contributed by atoms with van der Waals surface area (Å²) in [6.07, 6.45) is 0.520. The summed E-state index contributed by atoms with van der Waals surface area (Å²) in [5.41, 5.74) is 4.54. The van der Waals surface area contributed by atoms with Crippen molar-refractivity contribution in [2.24, 2.45) is 11.7 Å². The molecule has 0 radical (unpaired) electrons. The smallest absolute Gasteiger partial charge is 0.407 e. The average Bonchev–Trinajstić information content (AvgIpc) is 2.14. The van der Waals surface area contributed by atoms with Crippen molar-refractivity contribution < 1.29 is 19.4 Å². The number of nitrogens with one attached hydrogen (secondary N) is 1. The second-order valence-corrected chi connectivity index (χ2v) is 4.85. The minimum absolute atomic E-state index is 0.262. The van der Waals surface area contributed by atoms with Gasteiger partial charge in [0.15, 0.2) is 0 Å². The van der Waals surface area contributed by atoms with E-state index in [9.17, 15) is 9.59 Å². The number of nitrogens with two attached hydrogens (primary N) is 1. The highest BCUT2D eigenvalue weighted by Gasteiger charge is 2.16. The Balaban J connectivity index is 3.71. The SMILES string of the molecule is CC(C)(C)OC(=O)NCCCC(CO)C(N)=O. The summed E-state index contributed by atoms with van der Waals surface area (Å²) in [4.78, 5) is 22.0. The molecule has 1 unspecified atom stereocenters. The van der Waals surface area contributed by atoms with Crippen molar-refractivity contribution in [3.63, 3.8) is 0 Å². The van der Waals surface area contributed by atoms with Crippen molar-refractivity contribution in [3.8, 4) is 0 Å². The van der Waals surface area contributed by atoms with Crippen molar-refractivity contribution in [1.82, 2.24) is 5.32 Å². The molecule has 0 aromatic heterocycles. The van der Waals surface area contributed by atoms with Crippen LogP contribution in [0.25, 0.3) is 0 Å². The van der Waals surface area contributed by atoms with Crippen LogP contribution in [0.3, 0.4) is 0 Å². The van der Waals surface area contributed by atoms with Gasteiger partial charge in [-0.3, -0.25) is 4.79 Å². The lowest BCUT2D eigenvalue weighted by Crippen LogP contribution is -2.33. The van der Waals surface area contributed by atoms with Gasteiger partial charge in [-0.15, -0.1) is 0 Å². The number of hydrogen-bond donors (Lipinski definition) is 3. The standard InChI is InChI=1S/C11H22N2O4/c1-11(2,3)17-10(16)13-6-4-5-8(7-14)9(12)15/h8,14H,4-7H2,1-3H3,(H2,12,15)(H,13,16). The quantitative estimate of drug-likeness (QED) is 0.590. The van der Waals surface area contributed by atoms with Gasteiger partial charge in [0, 0.05) is 6.54 Å². The summed E-state index contributed by atoms with van der Waals surface area (Å²) < 4.78 is 5.03. The Kier molecular flexibility index (Phi) is 6.57. The van der Waals surface area contributed by atoms with Crippen LogP contribution in [0.15, 0.2) is 0 Å². The number of carbonyl (C=O) groups is 2. The van der Waals surface area contributed by atoms with Crippen LogP contribution in [0.4, 0.5) is 4.79 Å². The number of amides is 2. The van der Waals surface area contributed by atoms with Gasteiger partial charge in [-0.1, -0.05) is 0 Å². The second kappa shape index (κ2) is 7.11. The molecule has 0 spiro atoms. The van der Waals surface area contributed by atoms with Gasteiger partial charge >= 0.3 is 6.09 Å². The molecule has 0 saturated heterocycles. The van der Waals surface area contributed by atoms with Crippen LogP contribution < -0.4 is 11.1 Å². The van der Waals surface area contributed by atoms with Crippen LogP contribution in [0, 0.1) is 5.92 Å². The van der Waals surface area contributed by atoms with E-state index in [-0.39, 0.29) is 6.61 Å². The van der Waals surface area contributed by atoms with Gasteiger partial charge in [-0.05, 0) is 33.6 Å². The molecule has 4 N–H and O–H groups in total. The minimum Gasteiger partial charge on any atom is -0.444 e. The fourth-order valence-electron chi connectivity index (χ4n) is 1.18. The first-order valence-corrected chi connectivity index (χ1v) is 5.63. The van der Waals surface area contributed by atoms with Gasteiger partial charge < -0.3 is 20.9 Å². The molecule has 6 nitrogen and oxygen atoms in total. The topological polar surface area (TPSA) is 102 Å². The van der Waals surface area contributed by atoms with E-state index in [4.69, 9.17) is 15.6 Å². The second-order valence-electron chi connectivity index (χ2n) is 4.85. The van der Waals surface area contributed by atoms with E-state index in [0.29, 0.717) is 19.4 Å². The molecule has 0 aromatic carbocycles. The van der Waals surface area contributed by atoms with Gasteiger partial charge in [0.1, 0.15) is 5.60 Å². The summed E-state index contributed by atoms with van der Waals surface area (Å²) in [7, 11) is 0. The van der Waals surface area contributed by atoms with Crippen LogP contribution in [-0.2, 0) is 9.53 Å². The molecule has 0 rings (SSSR count). The number of hydrogen-bond acceptors (Lipinski definition) is 4. The maximum Gasteiger partial charge on any atom is 0.407 e. The number of carbonyl (C=O) groups excluding carboxylic acids is 2. The van der Waals surface area contributed by atoms with Gasteiger partial charge in [0.2, 0.25) is 5.91 Å². The number of primary amides is 1. The molecule has 0 aliphatic carbocycles. The summed E-state index contributed by atoms with van der Waals surface area (Å²) in [5, 5.41) is 11.4. The van der Waals surface area contributed by atoms with Crippen LogP contribution >= 0.6 is 0 Å². The molecular weight excluding hydrogens is 224 g/mol. The summed E-state index contributed by atoms with van der Waals surface area (Å²) in [6.45, 7) is 5.46. The van der Waals surface area contributed by atoms with E-state index in [2.05, 4.69) is 5.32 Å². The lowest BCUT2D eigenvalue weighted by Gasteiger charge is -2.19. The molecule has 0 saturated carbocycles. The van der Waals surface area contributed by atoms with Gasteiger partial charge in [0.25, 0.3) is 0 Å². The maximum atomic E-state index is 11.2. The van der Waals surface area contributed by atoms with E-state index in [1.54, 1.807) is 20.8 Å². The van der Waals surface area contributed by atoms with E-state index in [1.165, 1.54) is 0 Å². The molecule has 0 bridgehead atoms. The third-order valence-electron chi connectivity index (χ3n) is 2.02. The number of aliphatic hydroxyl groups excluding tert-OH is 1. The highest BCUT2D eigenvalue weighted by Crippen LogP contribution is 2.07. The Hall–Kier alpha value is -1.30. The van der Waals surface area contributed by atoms with Crippen LogP contribution in [0.2, 0.25) is 0 Å². The first-order chi connectivity index (χ1) is 7.76. The van der Waals surface area contributed by atoms with Gasteiger partial charge in [-0.25, -0.2) is 4.79 Å². The number of rotatable bonds is 6. The molecule has 17 heavy (non-hydrogen) atoms. The molecule has 0 aliphatic heterocycles. The minimum atomic E-state index is -0.546. The third-order valence-corrected chi connectivity index (χ3v) is 2.02. The van der Waals surface area contributed by atoms with E-state index in [0.717, 1.165) is 0 Å². The highest BCUT2D eigenvalue weighted by atomic mass is 16.6.